The predicted octanol–water partition coefficient (Wildman–Crippen LogP) is 4.88. The number of rotatable bonds is 4. The molecule has 6 nitrogen and oxygen atoms in total. The van der Waals surface area contributed by atoms with Gasteiger partial charge in [-0.3, -0.25) is 9.59 Å². The number of methoxy groups -OCH3 is 2. The molecule has 0 N–H and O–H groups in total. The number of fused-ring (bicyclic) bond motifs is 3. The molecule has 4 saturated carbocycles. The fourth-order valence-electron chi connectivity index (χ4n) is 9.73. The summed E-state index contributed by atoms with van der Waals surface area (Å²) in [4.78, 5) is 23.8. The van der Waals surface area contributed by atoms with Crippen LogP contribution in [0.15, 0.2) is 0 Å². The first-order valence-corrected chi connectivity index (χ1v) is 13.1. The summed E-state index contributed by atoms with van der Waals surface area (Å²) in [6, 6.07) is 0. The van der Waals surface area contributed by atoms with E-state index in [0.29, 0.717) is 30.1 Å². The van der Waals surface area contributed by atoms with Gasteiger partial charge < -0.3 is 18.9 Å². The Kier molecular flexibility index (Phi) is 5.88. The van der Waals surface area contributed by atoms with Crippen molar-refractivity contribution in [1.82, 2.24) is 0 Å². The molecule has 6 heteroatoms. The normalized spacial score (nSPS) is 50.5. The van der Waals surface area contributed by atoms with Crippen LogP contribution in [0.2, 0.25) is 0 Å². The van der Waals surface area contributed by atoms with E-state index in [1.807, 2.05) is 0 Å². The predicted molar refractivity (Wildman–Crippen MR) is 122 cm³/mol. The van der Waals surface area contributed by atoms with Crippen LogP contribution >= 0.6 is 0 Å². The first kappa shape index (κ1) is 23.6. The van der Waals surface area contributed by atoms with Gasteiger partial charge >= 0.3 is 11.9 Å². The molecule has 1 aliphatic heterocycles. The first-order valence-electron chi connectivity index (χ1n) is 13.1. The van der Waals surface area contributed by atoms with Crippen LogP contribution < -0.4 is 0 Å². The number of esters is 2. The number of hydrogen-bond acceptors (Lipinski definition) is 6. The highest BCUT2D eigenvalue weighted by Crippen LogP contribution is 2.73. The molecule has 0 radical (unpaired) electrons. The molecular weight excluding hydrogens is 420 g/mol. The van der Waals surface area contributed by atoms with E-state index in [9.17, 15) is 9.59 Å². The lowest BCUT2D eigenvalue weighted by Gasteiger charge is -2.67. The van der Waals surface area contributed by atoms with Crippen LogP contribution in [0.4, 0.5) is 0 Å². The monoisotopic (exact) mass is 462 g/mol. The zero-order valence-corrected chi connectivity index (χ0v) is 21.1. The van der Waals surface area contributed by atoms with Crippen LogP contribution in [-0.2, 0) is 28.5 Å². The summed E-state index contributed by atoms with van der Waals surface area (Å²) in [7, 11) is 3.19. The van der Waals surface area contributed by atoms with Gasteiger partial charge in [-0.25, -0.2) is 0 Å². The molecule has 1 heterocycles. The van der Waals surface area contributed by atoms with Crippen LogP contribution in [0.25, 0.3) is 0 Å². The van der Waals surface area contributed by atoms with Crippen molar-refractivity contribution in [1.29, 1.82) is 0 Å². The van der Waals surface area contributed by atoms with E-state index in [4.69, 9.17) is 18.9 Å². The summed E-state index contributed by atoms with van der Waals surface area (Å²) in [6.45, 7) is 6.49. The van der Waals surface area contributed by atoms with Gasteiger partial charge in [-0.15, -0.1) is 0 Å². The van der Waals surface area contributed by atoms with E-state index in [0.717, 1.165) is 38.5 Å². The molecule has 1 saturated heterocycles. The Hall–Kier alpha value is -1.14. The van der Waals surface area contributed by atoms with Crippen molar-refractivity contribution in [3.05, 3.63) is 0 Å². The number of hydrogen-bond donors (Lipinski definition) is 0. The van der Waals surface area contributed by atoms with E-state index in [1.54, 1.807) is 7.11 Å². The maximum absolute atomic E-state index is 12.2. The van der Waals surface area contributed by atoms with Crippen molar-refractivity contribution in [3.63, 3.8) is 0 Å². The standard InChI is InChI=1S/C27H42O6/c1-16(28)32-18-8-11-25(2)17(14-18)6-7-22-21(25)9-12-26(3)20-10-13-27(22,26)33-24(31-5)19(20)15-23(29)30-4/h17-22,24H,6-15H2,1-5H3/t17-,18+,19-,20+,21-,22+,24+,25-,26+,27+/m0/s1. The topological polar surface area (TPSA) is 71.1 Å². The average Bonchev–Trinajstić information content (AvgIpc) is 2.97. The Morgan fingerprint density at radius 3 is 2.39 bits per heavy atom. The van der Waals surface area contributed by atoms with E-state index < -0.39 is 0 Å². The van der Waals surface area contributed by atoms with E-state index >= 15 is 0 Å². The molecule has 0 aromatic heterocycles. The highest BCUT2D eigenvalue weighted by Gasteiger charge is 2.72. The summed E-state index contributed by atoms with van der Waals surface area (Å²) in [6.07, 6.45) is 10.2. The third-order valence-electron chi connectivity index (χ3n) is 11.2. The fourth-order valence-corrected chi connectivity index (χ4v) is 9.73. The smallest absolute Gasteiger partial charge is 0.305 e. The molecule has 186 valence electrons. The quantitative estimate of drug-likeness (QED) is 0.555. The van der Waals surface area contributed by atoms with Gasteiger partial charge in [-0.1, -0.05) is 13.8 Å². The lowest BCUT2D eigenvalue weighted by atomic mass is 9.42. The van der Waals surface area contributed by atoms with Gasteiger partial charge in [-0.2, -0.15) is 0 Å². The van der Waals surface area contributed by atoms with Crippen molar-refractivity contribution in [3.8, 4) is 0 Å². The Balaban J connectivity index is 1.42. The maximum atomic E-state index is 12.2. The van der Waals surface area contributed by atoms with E-state index in [-0.39, 0.29) is 46.7 Å². The SMILES string of the molecule is COC(=O)C[C@@H]1[C@H](OC)O[C@@]23CC[C@H]1[C@@]2(C)CC[C@H]1[C@H]3CC[C@H]2C[C@H](OC(C)=O)CC[C@@]21C. The highest BCUT2D eigenvalue weighted by atomic mass is 16.7. The third-order valence-corrected chi connectivity index (χ3v) is 11.2. The highest BCUT2D eigenvalue weighted by molar-refractivity contribution is 5.69. The molecule has 0 unspecified atom stereocenters. The van der Waals surface area contributed by atoms with E-state index in [2.05, 4.69) is 13.8 Å². The maximum Gasteiger partial charge on any atom is 0.305 e. The Morgan fingerprint density at radius 1 is 0.939 bits per heavy atom. The van der Waals surface area contributed by atoms with Crippen molar-refractivity contribution < 1.29 is 28.5 Å². The lowest BCUT2D eigenvalue weighted by molar-refractivity contribution is -0.338. The van der Waals surface area contributed by atoms with Crippen molar-refractivity contribution in [2.24, 2.45) is 40.4 Å². The van der Waals surface area contributed by atoms with Gasteiger partial charge in [0.1, 0.15) is 6.10 Å². The van der Waals surface area contributed by atoms with Crippen molar-refractivity contribution >= 4 is 11.9 Å². The molecule has 0 amide bonds. The molecule has 5 aliphatic rings. The molecule has 5 rings (SSSR count). The van der Waals surface area contributed by atoms with Gasteiger partial charge in [0.15, 0.2) is 6.29 Å². The van der Waals surface area contributed by atoms with Crippen LogP contribution in [0, 0.1) is 40.4 Å². The lowest BCUT2D eigenvalue weighted by Crippen LogP contribution is -2.67. The van der Waals surface area contributed by atoms with Crippen molar-refractivity contribution in [2.45, 2.75) is 103 Å². The molecule has 4 aliphatic carbocycles. The second kappa shape index (κ2) is 8.22. The summed E-state index contributed by atoms with van der Waals surface area (Å²) in [5, 5.41) is 0. The molecule has 0 aromatic carbocycles. The minimum absolute atomic E-state index is 0.0609. The molecular formula is C27H42O6. The summed E-state index contributed by atoms with van der Waals surface area (Å²) in [5.74, 6) is 1.96. The Labute approximate surface area is 198 Å². The van der Waals surface area contributed by atoms with Gasteiger partial charge in [0.05, 0.1) is 19.1 Å². The molecule has 2 bridgehead atoms. The minimum atomic E-state index is -0.339. The summed E-state index contributed by atoms with van der Waals surface area (Å²) < 4.78 is 23.6. The van der Waals surface area contributed by atoms with Crippen LogP contribution in [0.1, 0.15) is 85.0 Å². The second-order valence-corrected chi connectivity index (χ2v) is 12.2. The van der Waals surface area contributed by atoms with Crippen LogP contribution in [0.3, 0.4) is 0 Å². The molecule has 10 atom stereocenters. The molecule has 33 heavy (non-hydrogen) atoms. The molecule has 0 aromatic rings. The van der Waals surface area contributed by atoms with Gasteiger partial charge in [0.25, 0.3) is 0 Å². The number of carbonyl (C=O) groups excluding carboxylic acids is 2. The molecule has 5 fully saturated rings. The fraction of sp³-hybridized carbons (Fsp3) is 0.926. The molecule has 0 spiro atoms. The number of carbonyl (C=O) groups is 2. The Morgan fingerprint density at radius 2 is 1.70 bits per heavy atom. The van der Waals surface area contributed by atoms with Crippen LogP contribution in [0.5, 0.6) is 0 Å². The minimum Gasteiger partial charge on any atom is -0.469 e. The Bertz CT molecular complexity index is 797. The largest absolute Gasteiger partial charge is 0.469 e. The van der Waals surface area contributed by atoms with Gasteiger partial charge in [0.2, 0.25) is 0 Å². The average molecular weight is 463 g/mol. The van der Waals surface area contributed by atoms with Crippen LogP contribution in [-0.4, -0.2) is 44.2 Å². The zero-order chi connectivity index (χ0) is 23.6. The van der Waals surface area contributed by atoms with Crippen molar-refractivity contribution in [2.75, 3.05) is 14.2 Å². The zero-order valence-electron chi connectivity index (χ0n) is 21.1. The summed E-state index contributed by atoms with van der Waals surface area (Å²) >= 11 is 0. The second-order valence-electron chi connectivity index (χ2n) is 12.2. The van der Waals surface area contributed by atoms with E-state index in [1.165, 1.54) is 33.3 Å². The summed E-state index contributed by atoms with van der Waals surface area (Å²) in [5.41, 5.74) is 0.205. The first-order chi connectivity index (χ1) is 15.7. The van der Waals surface area contributed by atoms with Gasteiger partial charge in [0, 0.05) is 25.4 Å². The third kappa shape index (κ3) is 3.33. The number of ether oxygens (including phenoxy) is 4. The van der Waals surface area contributed by atoms with Gasteiger partial charge in [-0.05, 0) is 86.9 Å².